The first-order chi connectivity index (χ1) is 14.1. The van der Waals surface area contributed by atoms with Gasteiger partial charge in [-0.2, -0.15) is 13.2 Å². The molecule has 0 aliphatic heterocycles. The highest BCUT2D eigenvalue weighted by Gasteiger charge is 2.28. The number of hydrogen-bond acceptors (Lipinski definition) is 6. The molecule has 2 aromatic carbocycles. The molecule has 0 spiro atoms. The quantitative estimate of drug-likeness (QED) is 0.636. The largest absolute Gasteiger partial charge is 0.493 e. The van der Waals surface area contributed by atoms with Gasteiger partial charge in [-0.05, 0) is 36.4 Å². The molecule has 0 radical (unpaired) electrons. The van der Waals surface area contributed by atoms with Crippen LogP contribution < -0.4 is 30.0 Å². The molecule has 0 saturated carbocycles. The Labute approximate surface area is 169 Å². The molecule has 11 heteroatoms. The maximum absolute atomic E-state index is 12.6. The number of hydrogen-bond donors (Lipinski definition) is 2. The fourth-order valence-electron chi connectivity index (χ4n) is 2.30. The van der Waals surface area contributed by atoms with Crippen molar-refractivity contribution in [2.45, 2.75) is 6.18 Å². The number of benzene rings is 2. The molecular weight excluding hydrogens is 409 g/mol. The second-order valence-electron chi connectivity index (χ2n) is 5.85. The molecule has 0 aromatic heterocycles. The first kappa shape index (κ1) is 22.7. The van der Waals surface area contributed by atoms with E-state index >= 15 is 0 Å². The molecule has 0 aliphatic carbocycles. The number of primary amides is 1. The Balaban J connectivity index is 2.15. The monoisotopic (exact) mass is 428 g/mol. The fraction of sp³-hybridized carbons (Fsp3) is 0.263. The molecule has 0 heterocycles. The second kappa shape index (κ2) is 9.72. The molecule has 3 N–H and O–H groups in total. The maximum Gasteiger partial charge on any atom is 0.422 e. The number of ether oxygens (including phenoxy) is 4. The molecule has 0 saturated heterocycles. The predicted molar refractivity (Wildman–Crippen MR) is 100 cm³/mol. The van der Waals surface area contributed by atoms with Crippen LogP contribution in [0.1, 0.15) is 10.4 Å². The molecular formula is C19H19F3N2O6. The zero-order chi connectivity index (χ0) is 22.3. The number of nitrogens with two attached hydrogens (primary N) is 1. The summed E-state index contributed by atoms with van der Waals surface area (Å²) in [6.45, 7) is -1.83. The fourth-order valence-corrected chi connectivity index (χ4v) is 2.30. The van der Waals surface area contributed by atoms with Crippen molar-refractivity contribution < 1.29 is 41.7 Å². The van der Waals surface area contributed by atoms with Gasteiger partial charge in [-0.3, -0.25) is 9.59 Å². The van der Waals surface area contributed by atoms with Gasteiger partial charge in [0.2, 0.25) is 5.75 Å². The van der Waals surface area contributed by atoms with Crippen molar-refractivity contribution in [2.24, 2.45) is 5.73 Å². The summed E-state index contributed by atoms with van der Waals surface area (Å²) in [6.07, 6.45) is -4.45. The lowest BCUT2D eigenvalue weighted by Gasteiger charge is -2.15. The summed E-state index contributed by atoms with van der Waals surface area (Å²) in [4.78, 5) is 23.5. The third-order valence-corrected chi connectivity index (χ3v) is 3.60. The van der Waals surface area contributed by atoms with Gasteiger partial charge in [-0.15, -0.1) is 0 Å². The van der Waals surface area contributed by atoms with Crippen LogP contribution in [0.3, 0.4) is 0 Å². The number of nitrogens with one attached hydrogen (secondary N) is 1. The summed E-state index contributed by atoms with van der Waals surface area (Å²) in [5, 5.41) is 2.59. The lowest BCUT2D eigenvalue weighted by atomic mass is 10.1. The van der Waals surface area contributed by atoms with Crippen molar-refractivity contribution in [1.82, 2.24) is 0 Å². The van der Waals surface area contributed by atoms with Gasteiger partial charge < -0.3 is 30.0 Å². The summed E-state index contributed by atoms with van der Waals surface area (Å²) in [7, 11) is 2.68. The van der Waals surface area contributed by atoms with E-state index in [1.807, 2.05) is 0 Å². The molecule has 162 valence electrons. The van der Waals surface area contributed by atoms with Crippen molar-refractivity contribution in [2.75, 3.05) is 32.8 Å². The summed E-state index contributed by atoms with van der Waals surface area (Å²) in [5.41, 5.74) is 5.54. The second-order valence-corrected chi connectivity index (χ2v) is 5.85. The van der Waals surface area contributed by atoms with Crippen LogP contribution >= 0.6 is 0 Å². The summed E-state index contributed by atoms with van der Waals surface area (Å²) in [5.74, 6) is -0.875. The molecule has 30 heavy (non-hydrogen) atoms. The smallest absolute Gasteiger partial charge is 0.422 e. The maximum atomic E-state index is 12.6. The van der Waals surface area contributed by atoms with Gasteiger partial charge in [-0.25, -0.2) is 0 Å². The van der Waals surface area contributed by atoms with E-state index in [0.29, 0.717) is 5.69 Å². The predicted octanol–water partition coefficient (Wildman–Crippen LogP) is 2.76. The van der Waals surface area contributed by atoms with Crippen LogP contribution in [0.15, 0.2) is 36.4 Å². The molecule has 0 atom stereocenters. The molecule has 2 amide bonds. The summed E-state index contributed by atoms with van der Waals surface area (Å²) >= 11 is 0. The minimum absolute atomic E-state index is 0.00427. The minimum Gasteiger partial charge on any atom is -0.493 e. The molecule has 0 bridgehead atoms. The zero-order valence-corrected chi connectivity index (χ0v) is 16.0. The van der Waals surface area contributed by atoms with Gasteiger partial charge in [-0.1, -0.05) is 0 Å². The van der Waals surface area contributed by atoms with Gasteiger partial charge >= 0.3 is 6.18 Å². The van der Waals surface area contributed by atoms with Crippen molar-refractivity contribution in [3.05, 3.63) is 42.0 Å². The number of anilines is 1. The van der Waals surface area contributed by atoms with Crippen LogP contribution in [-0.2, 0) is 4.79 Å². The van der Waals surface area contributed by atoms with Crippen molar-refractivity contribution in [3.63, 3.8) is 0 Å². The van der Waals surface area contributed by atoms with E-state index < -0.39 is 31.2 Å². The van der Waals surface area contributed by atoms with E-state index in [0.717, 1.165) is 0 Å². The number of rotatable bonds is 9. The molecule has 0 fully saturated rings. The van der Waals surface area contributed by atoms with Crippen molar-refractivity contribution >= 4 is 17.5 Å². The van der Waals surface area contributed by atoms with Crippen LogP contribution in [-0.4, -0.2) is 45.4 Å². The number of amides is 2. The number of carbonyl (C=O) groups is 2. The average Bonchev–Trinajstić information content (AvgIpc) is 2.70. The van der Waals surface area contributed by atoms with E-state index in [1.54, 1.807) is 0 Å². The topological polar surface area (TPSA) is 109 Å². The number of methoxy groups -OCH3 is 2. The van der Waals surface area contributed by atoms with Crippen molar-refractivity contribution in [1.29, 1.82) is 0 Å². The number of halogens is 3. The Bertz CT molecular complexity index is 875. The molecule has 0 unspecified atom stereocenters. The Morgan fingerprint density at radius 3 is 2.03 bits per heavy atom. The SMILES string of the molecule is COc1cc(C(=O)Nc2ccc(OCC(F)(F)F)cc2)cc(OC)c1OCC(N)=O. The third-order valence-electron chi connectivity index (χ3n) is 3.60. The number of carbonyl (C=O) groups excluding carboxylic acids is 2. The summed E-state index contributed by atoms with van der Waals surface area (Å²) in [6, 6.07) is 8.11. The van der Waals surface area contributed by atoms with Gasteiger partial charge in [0, 0.05) is 11.3 Å². The first-order valence-corrected chi connectivity index (χ1v) is 8.41. The minimum atomic E-state index is -4.45. The van der Waals surface area contributed by atoms with Crippen LogP contribution in [0.4, 0.5) is 18.9 Å². The third kappa shape index (κ3) is 6.47. The highest BCUT2D eigenvalue weighted by atomic mass is 19.4. The lowest BCUT2D eigenvalue weighted by molar-refractivity contribution is -0.153. The van der Waals surface area contributed by atoms with E-state index in [-0.39, 0.29) is 28.6 Å². The Kier molecular flexibility index (Phi) is 7.34. The van der Waals surface area contributed by atoms with E-state index in [2.05, 4.69) is 10.1 Å². The molecule has 2 rings (SSSR count). The van der Waals surface area contributed by atoms with Crippen molar-refractivity contribution in [3.8, 4) is 23.0 Å². The zero-order valence-electron chi connectivity index (χ0n) is 16.0. The Morgan fingerprint density at radius 2 is 1.57 bits per heavy atom. The Morgan fingerprint density at radius 1 is 1.00 bits per heavy atom. The van der Waals surface area contributed by atoms with Gasteiger partial charge in [0.05, 0.1) is 14.2 Å². The van der Waals surface area contributed by atoms with Crippen LogP contribution in [0.5, 0.6) is 23.0 Å². The van der Waals surface area contributed by atoms with Gasteiger partial charge in [0.1, 0.15) is 5.75 Å². The van der Waals surface area contributed by atoms with E-state index in [4.69, 9.17) is 19.9 Å². The first-order valence-electron chi connectivity index (χ1n) is 8.41. The molecule has 8 nitrogen and oxygen atoms in total. The van der Waals surface area contributed by atoms with E-state index in [1.165, 1.54) is 50.6 Å². The van der Waals surface area contributed by atoms with Crippen LogP contribution in [0.2, 0.25) is 0 Å². The molecule has 0 aliphatic rings. The van der Waals surface area contributed by atoms with E-state index in [9.17, 15) is 22.8 Å². The number of alkyl halides is 3. The highest BCUT2D eigenvalue weighted by Crippen LogP contribution is 2.38. The lowest BCUT2D eigenvalue weighted by Crippen LogP contribution is -2.20. The Hall–Kier alpha value is -3.63. The average molecular weight is 428 g/mol. The highest BCUT2D eigenvalue weighted by molar-refractivity contribution is 6.05. The van der Waals surface area contributed by atoms with Crippen LogP contribution in [0, 0.1) is 0 Å². The normalized spacial score (nSPS) is 10.8. The van der Waals surface area contributed by atoms with Crippen LogP contribution in [0.25, 0.3) is 0 Å². The van der Waals surface area contributed by atoms with Gasteiger partial charge in [0.15, 0.2) is 24.7 Å². The standard InChI is InChI=1S/C19H19F3N2O6/c1-27-14-7-11(8-15(28-2)17(14)29-9-16(23)25)18(26)24-12-3-5-13(6-4-12)30-10-19(20,21)22/h3-8H,9-10H2,1-2H3,(H2,23,25)(H,24,26). The molecule has 2 aromatic rings. The van der Waals surface area contributed by atoms with Gasteiger partial charge in [0.25, 0.3) is 11.8 Å². The summed E-state index contributed by atoms with van der Waals surface area (Å²) < 4.78 is 56.8.